The molecule has 13 heavy (non-hydrogen) atoms. The zero-order valence-electron chi connectivity index (χ0n) is 7.00. The Kier molecular flexibility index (Phi) is 3.92. The highest BCUT2D eigenvalue weighted by Crippen LogP contribution is 2.10. The molecule has 2 N–H and O–H groups in total. The molecule has 0 heterocycles. The maximum Gasteiger partial charge on any atom is 0.320 e. The summed E-state index contributed by atoms with van der Waals surface area (Å²) in [5, 5.41) is 0. The number of carbonyl (C=O) groups excluding carboxylic acids is 1. The molecule has 0 amide bonds. The van der Waals surface area contributed by atoms with Crippen LogP contribution in [0.5, 0.6) is 0 Å². The molecule has 1 aromatic carbocycles. The van der Waals surface area contributed by atoms with Crippen LogP contribution in [0.3, 0.4) is 0 Å². The van der Waals surface area contributed by atoms with Crippen molar-refractivity contribution in [1.82, 2.24) is 0 Å². The van der Waals surface area contributed by atoms with Crippen molar-refractivity contribution in [3.63, 3.8) is 0 Å². The summed E-state index contributed by atoms with van der Waals surface area (Å²) in [4.78, 5) is 10.7. The lowest BCUT2D eigenvalue weighted by Crippen LogP contribution is -2.16. The molecule has 0 unspecified atom stereocenters. The Morgan fingerprint density at radius 3 is 2.54 bits per heavy atom. The first-order valence-corrected chi connectivity index (χ1v) is 4.62. The molecule has 0 spiro atoms. The molecular formula is C9H10BrNO2. The van der Waals surface area contributed by atoms with E-state index in [1.54, 1.807) is 0 Å². The monoisotopic (exact) mass is 243 g/mol. The van der Waals surface area contributed by atoms with Crippen LogP contribution < -0.4 is 5.73 Å². The van der Waals surface area contributed by atoms with Gasteiger partial charge in [0.1, 0.15) is 6.61 Å². The standard InChI is InChI=1S/C9H10BrNO2/c10-8-3-1-7(2-4-8)6-13-9(12)5-11/h1-4H,5-6,11H2. The molecular weight excluding hydrogens is 234 g/mol. The lowest BCUT2D eigenvalue weighted by Gasteiger charge is -2.02. The van der Waals surface area contributed by atoms with Gasteiger partial charge in [0, 0.05) is 4.47 Å². The van der Waals surface area contributed by atoms with Gasteiger partial charge in [-0.2, -0.15) is 0 Å². The fourth-order valence-electron chi connectivity index (χ4n) is 0.803. The van der Waals surface area contributed by atoms with Crippen molar-refractivity contribution in [2.24, 2.45) is 5.73 Å². The molecule has 0 aliphatic rings. The summed E-state index contributed by atoms with van der Waals surface area (Å²) in [5.41, 5.74) is 6.03. The third-order valence-corrected chi connectivity index (χ3v) is 2.01. The minimum Gasteiger partial charge on any atom is -0.460 e. The van der Waals surface area contributed by atoms with E-state index in [1.165, 1.54) is 0 Å². The Hall–Kier alpha value is -0.870. The summed E-state index contributed by atoms with van der Waals surface area (Å²) in [7, 11) is 0. The number of benzene rings is 1. The van der Waals surface area contributed by atoms with Gasteiger partial charge < -0.3 is 10.5 Å². The van der Waals surface area contributed by atoms with Crippen molar-refractivity contribution in [3.8, 4) is 0 Å². The second-order valence-electron chi connectivity index (χ2n) is 2.49. The minimum atomic E-state index is -0.386. The van der Waals surface area contributed by atoms with Crippen LogP contribution in [0.4, 0.5) is 0 Å². The topological polar surface area (TPSA) is 52.3 Å². The van der Waals surface area contributed by atoms with Crippen molar-refractivity contribution >= 4 is 21.9 Å². The molecule has 4 heteroatoms. The van der Waals surface area contributed by atoms with Gasteiger partial charge in [0.25, 0.3) is 0 Å². The number of nitrogens with two attached hydrogens (primary N) is 1. The fourth-order valence-corrected chi connectivity index (χ4v) is 1.07. The van der Waals surface area contributed by atoms with Gasteiger partial charge >= 0.3 is 5.97 Å². The molecule has 0 bridgehead atoms. The first-order chi connectivity index (χ1) is 6.22. The first-order valence-electron chi connectivity index (χ1n) is 3.82. The third kappa shape index (κ3) is 3.57. The van der Waals surface area contributed by atoms with E-state index in [9.17, 15) is 4.79 Å². The lowest BCUT2D eigenvalue weighted by atomic mass is 10.2. The van der Waals surface area contributed by atoms with Gasteiger partial charge in [-0.25, -0.2) is 0 Å². The summed E-state index contributed by atoms with van der Waals surface area (Å²) in [6.07, 6.45) is 0. The Morgan fingerprint density at radius 2 is 2.00 bits per heavy atom. The van der Waals surface area contributed by atoms with E-state index < -0.39 is 0 Å². The average molecular weight is 244 g/mol. The van der Waals surface area contributed by atoms with Crippen LogP contribution in [0.25, 0.3) is 0 Å². The number of rotatable bonds is 3. The van der Waals surface area contributed by atoms with Crippen molar-refractivity contribution in [1.29, 1.82) is 0 Å². The van der Waals surface area contributed by atoms with Crippen LogP contribution in [0.1, 0.15) is 5.56 Å². The van der Waals surface area contributed by atoms with E-state index in [1.807, 2.05) is 24.3 Å². The van der Waals surface area contributed by atoms with E-state index >= 15 is 0 Å². The highest BCUT2D eigenvalue weighted by Gasteiger charge is 1.98. The van der Waals surface area contributed by atoms with E-state index in [2.05, 4.69) is 15.9 Å². The van der Waals surface area contributed by atoms with Crippen molar-refractivity contribution in [2.75, 3.05) is 6.54 Å². The molecule has 0 fully saturated rings. The molecule has 3 nitrogen and oxygen atoms in total. The molecule has 0 aliphatic heterocycles. The second kappa shape index (κ2) is 4.99. The Morgan fingerprint density at radius 1 is 1.38 bits per heavy atom. The molecule has 70 valence electrons. The summed E-state index contributed by atoms with van der Waals surface area (Å²) in [5.74, 6) is -0.386. The molecule has 0 aromatic heterocycles. The van der Waals surface area contributed by atoms with E-state index in [-0.39, 0.29) is 19.1 Å². The van der Waals surface area contributed by atoms with E-state index in [0.717, 1.165) is 10.0 Å². The molecule has 0 saturated carbocycles. The number of halogens is 1. The number of carbonyl (C=O) groups is 1. The van der Waals surface area contributed by atoms with Crippen molar-refractivity contribution < 1.29 is 9.53 Å². The van der Waals surface area contributed by atoms with Gasteiger partial charge in [-0.1, -0.05) is 28.1 Å². The smallest absolute Gasteiger partial charge is 0.320 e. The molecule has 0 atom stereocenters. The fraction of sp³-hybridized carbons (Fsp3) is 0.222. The van der Waals surface area contributed by atoms with E-state index in [0.29, 0.717) is 0 Å². The summed E-state index contributed by atoms with van der Waals surface area (Å²) >= 11 is 3.31. The second-order valence-corrected chi connectivity index (χ2v) is 3.41. The predicted octanol–water partition coefficient (Wildman–Crippen LogP) is 1.45. The Bertz CT molecular complexity index is 284. The van der Waals surface area contributed by atoms with Crippen LogP contribution >= 0.6 is 15.9 Å². The minimum absolute atomic E-state index is 0.0729. The van der Waals surface area contributed by atoms with Gasteiger partial charge in [0.2, 0.25) is 0 Å². The SMILES string of the molecule is NCC(=O)OCc1ccc(Br)cc1. The highest BCUT2D eigenvalue weighted by molar-refractivity contribution is 9.10. The van der Waals surface area contributed by atoms with Crippen LogP contribution in [0.2, 0.25) is 0 Å². The highest BCUT2D eigenvalue weighted by atomic mass is 79.9. The molecule has 0 saturated heterocycles. The molecule has 1 aromatic rings. The van der Waals surface area contributed by atoms with Gasteiger partial charge in [-0.3, -0.25) is 4.79 Å². The Labute approximate surface area is 85.0 Å². The number of hydrogen-bond donors (Lipinski definition) is 1. The molecule has 0 radical (unpaired) electrons. The largest absolute Gasteiger partial charge is 0.460 e. The zero-order chi connectivity index (χ0) is 9.68. The van der Waals surface area contributed by atoms with Gasteiger partial charge in [0.05, 0.1) is 6.54 Å². The van der Waals surface area contributed by atoms with Gasteiger partial charge in [-0.05, 0) is 17.7 Å². The van der Waals surface area contributed by atoms with Gasteiger partial charge in [-0.15, -0.1) is 0 Å². The Balaban J connectivity index is 2.46. The quantitative estimate of drug-likeness (QED) is 0.818. The summed E-state index contributed by atoms with van der Waals surface area (Å²) < 4.78 is 5.84. The summed E-state index contributed by atoms with van der Waals surface area (Å²) in [6, 6.07) is 7.55. The first kappa shape index (κ1) is 10.2. The van der Waals surface area contributed by atoms with Crippen LogP contribution in [-0.4, -0.2) is 12.5 Å². The number of ether oxygens (including phenoxy) is 1. The van der Waals surface area contributed by atoms with Crippen LogP contribution in [-0.2, 0) is 16.1 Å². The molecule has 1 rings (SSSR count). The van der Waals surface area contributed by atoms with Crippen LogP contribution in [0, 0.1) is 0 Å². The number of esters is 1. The lowest BCUT2D eigenvalue weighted by molar-refractivity contribution is -0.143. The molecule has 0 aliphatic carbocycles. The zero-order valence-corrected chi connectivity index (χ0v) is 8.58. The number of hydrogen-bond acceptors (Lipinski definition) is 3. The average Bonchev–Trinajstić information content (AvgIpc) is 2.16. The maximum atomic E-state index is 10.7. The van der Waals surface area contributed by atoms with Gasteiger partial charge in [0.15, 0.2) is 0 Å². The van der Waals surface area contributed by atoms with Crippen LogP contribution in [0.15, 0.2) is 28.7 Å². The van der Waals surface area contributed by atoms with Crippen molar-refractivity contribution in [2.45, 2.75) is 6.61 Å². The maximum absolute atomic E-state index is 10.7. The van der Waals surface area contributed by atoms with Crippen molar-refractivity contribution in [3.05, 3.63) is 34.3 Å². The third-order valence-electron chi connectivity index (χ3n) is 1.48. The normalized spacial score (nSPS) is 9.69. The van der Waals surface area contributed by atoms with E-state index in [4.69, 9.17) is 10.5 Å². The summed E-state index contributed by atoms with van der Waals surface area (Å²) in [6.45, 7) is 0.208. The predicted molar refractivity (Wildman–Crippen MR) is 53.0 cm³/mol.